The second kappa shape index (κ2) is 18.3. The summed E-state index contributed by atoms with van der Waals surface area (Å²) in [5.41, 5.74) is 1.44. The molecule has 2 aromatic rings. The molecule has 2 unspecified atom stereocenters. The number of benzene rings is 1. The number of H-pyrrole nitrogens is 1. The summed E-state index contributed by atoms with van der Waals surface area (Å²) in [5.74, 6) is -0.559. The monoisotopic (exact) mass is 668 g/mol. The third kappa shape index (κ3) is 11.0. The number of rotatable bonds is 15. The van der Waals surface area contributed by atoms with Gasteiger partial charge in [0.15, 0.2) is 0 Å². The van der Waals surface area contributed by atoms with E-state index in [1.54, 1.807) is 18.1 Å². The minimum absolute atomic E-state index is 0.0476. The first-order valence-electron chi connectivity index (χ1n) is 17.7. The van der Waals surface area contributed by atoms with Gasteiger partial charge in [-0.1, -0.05) is 76.3 Å². The molecule has 266 valence electrons. The first kappa shape index (κ1) is 37.3. The molecule has 0 radical (unpaired) electrons. The summed E-state index contributed by atoms with van der Waals surface area (Å²) < 4.78 is 0. The largest absolute Gasteiger partial charge is 0.393 e. The van der Waals surface area contributed by atoms with Crippen LogP contribution < -0.4 is 10.6 Å². The number of urea groups is 1. The Morgan fingerprint density at radius 2 is 1.67 bits per heavy atom. The van der Waals surface area contributed by atoms with Crippen molar-refractivity contribution in [1.29, 1.82) is 0 Å². The van der Waals surface area contributed by atoms with Crippen molar-refractivity contribution in [3.05, 3.63) is 54.1 Å². The molecule has 0 spiro atoms. The maximum atomic E-state index is 14.3. The number of aromatic nitrogens is 2. The van der Waals surface area contributed by atoms with Crippen LogP contribution in [0.15, 0.2) is 42.9 Å². The van der Waals surface area contributed by atoms with Gasteiger partial charge >= 0.3 is 6.03 Å². The molecule has 2 aliphatic rings. The third-order valence-corrected chi connectivity index (χ3v) is 10.1. The number of likely N-dealkylation sites (N-methyl/N-ethyl adjacent to an activating group) is 1. The molecule has 4 rings (SSSR count). The van der Waals surface area contributed by atoms with Gasteiger partial charge in [0, 0.05) is 45.6 Å². The molecule has 5 atom stereocenters. The molecule has 1 aromatic carbocycles. The van der Waals surface area contributed by atoms with Gasteiger partial charge in [0.05, 0.1) is 36.4 Å². The maximum Gasteiger partial charge on any atom is 0.318 e. The van der Waals surface area contributed by atoms with Gasteiger partial charge in [0.1, 0.15) is 12.1 Å². The van der Waals surface area contributed by atoms with Crippen LogP contribution in [0.2, 0.25) is 0 Å². The Balaban J connectivity index is 1.57. The number of aliphatic hydroxyl groups excluding tert-OH is 3. The Kier molecular flexibility index (Phi) is 14.3. The molecular weight excluding hydrogens is 612 g/mol. The van der Waals surface area contributed by atoms with Crippen LogP contribution >= 0.6 is 0 Å². The Morgan fingerprint density at radius 3 is 2.29 bits per heavy atom. The molecule has 2 fully saturated rings. The smallest absolute Gasteiger partial charge is 0.318 e. The summed E-state index contributed by atoms with van der Waals surface area (Å²) in [4.78, 5) is 52.1. The van der Waals surface area contributed by atoms with E-state index in [0.29, 0.717) is 44.0 Å². The van der Waals surface area contributed by atoms with E-state index in [0.717, 1.165) is 31.2 Å². The number of piperidine rings is 1. The zero-order valence-electron chi connectivity index (χ0n) is 28.8. The molecule has 1 saturated carbocycles. The van der Waals surface area contributed by atoms with E-state index < -0.39 is 54.3 Å². The number of hydrogen-bond donors (Lipinski definition) is 6. The fourth-order valence-electron chi connectivity index (χ4n) is 6.82. The average Bonchev–Trinajstić information content (AvgIpc) is 3.60. The summed E-state index contributed by atoms with van der Waals surface area (Å²) in [7, 11) is 1.57. The number of nitrogens with zero attached hydrogens (tertiary/aromatic N) is 3. The first-order valence-corrected chi connectivity index (χ1v) is 17.7. The van der Waals surface area contributed by atoms with Crippen LogP contribution in [0.1, 0.15) is 82.9 Å². The SMILES string of the molecule is CC(C)C(O)CC(O)[C@H](CC1CCCCC1)NC(=O)[C@H](Cc1c[nH]cn1)N(C)C(=O)[C@H](Cc1ccccc1)NC(=O)N1CCC(O)CC1. The van der Waals surface area contributed by atoms with Crippen LogP contribution in [0.25, 0.3) is 0 Å². The molecule has 6 N–H and O–H groups in total. The number of nitrogens with one attached hydrogen (secondary N) is 3. The minimum Gasteiger partial charge on any atom is -0.393 e. The van der Waals surface area contributed by atoms with Gasteiger partial charge in [0.25, 0.3) is 0 Å². The van der Waals surface area contributed by atoms with Crippen molar-refractivity contribution in [3.63, 3.8) is 0 Å². The van der Waals surface area contributed by atoms with Gasteiger partial charge in [-0.15, -0.1) is 0 Å². The van der Waals surface area contributed by atoms with Crippen molar-refractivity contribution in [3.8, 4) is 0 Å². The highest BCUT2D eigenvalue weighted by Gasteiger charge is 2.36. The van der Waals surface area contributed by atoms with E-state index in [4.69, 9.17) is 0 Å². The van der Waals surface area contributed by atoms with E-state index >= 15 is 0 Å². The quantitative estimate of drug-likeness (QED) is 0.169. The van der Waals surface area contributed by atoms with Gasteiger partial charge < -0.3 is 40.7 Å². The molecule has 1 aromatic heterocycles. The van der Waals surface area contributed by atoms with Gasteiger partial charge in [-0.3, -0.25) is 9.59 Å². The summed E-state index contributed by atoms with van der Waals surface area (Å²) in [5, 5.41) is 37.9. The van der Waals surface area contributed by atoms with Crippen molar-refractivity contribution in [1.82, 2.24) is 30.4 Å². The van der Waals surface area contributed by atoms with E-state index in [1.165, 1.54) is 17.6 Å². The molecule has 12 heteroatoms. The zero-order valence-corrected chi connectivity index (χ0v) is 28.8. The topological polar surface area (TPSA) is 171 Å². The third-order valence-electron chi connectivity index (χ3n) is 10.1. The molecule has 1 aliphatic carbocycles. The fraction of sp³-hybridized carbons (Fsp3) is 0.667. The highest BCUT2D eigenvalue weighted by Crippen LogP contribution is 2.29. The number of likely N-dealkylation sites (tertiary alicyclic amines) is 1. The molecule has 1 saturated heterocycles. The molecule has 0 bridgehead atoms. The number of carbonyl (C=O) groups is 3. The Bertz CT molecular complexity index is 1260. The predicted molar refractivity (Wildman–Crippen MR) is 183 cm³/mol. The van der Waals surface area contributed by atoms with E-state index in [9.17, 15) is 29.7 Å². The molecule has 48 heavy (non-hydrogen) atoms. The van der Waals surface area contributed by atoms with Crippen LogP contribution in [0.5, 0.6) is 0 Å². The average molecular weight is 669 g/mol. The van der Waals surface area contributed by atoms with E-state index in [-0.39, 0.29) is 25.2 Å². The van der Waals surface area contributed by atoms with Crippen LogP contribution in [0, 0.1) is 11.8 Å². The highest BCUT2D eigenvalue weighted by atomic mass is 16.3. The van der Waals surface area contributed by atoms with Crippen molar-refractivity contribution >= 4 is 17.8 Å². The second-order valence-corrected chi connectivity index (χ2v) is 14.1. The standard InChI is InChI=1S/C36H56N6O6/c1-24(2)32(44)21-33(45)29(18-25-10-6-4-7-11-25)39-34(46)31(20-27-22-37-23-38-27)41(3)35(47)30(19-26-12-8-5-9-13-26)40-36(48)42-16-14-28(43)15-17-42/h5,8-9,12-13,22-25,28-33,43-45H,4,6-7,10-11,14-21H2,1-3H3,(H,37,38)(H,39,46)(H,40,48)/t29-,30-,31-,32?,33?/m0/s1. The van der Waals surface area contributed by atoms with Gasteiger partial charge in [0.2, 0.25) is 11.8 Å². The Morgan fingerprint density at radius 1 is 0.979 bits per heavy atom. The lowest BCUT2D eigenvalue weighted by molar-refractivity contribution is -0.141. The van der Waals surface area contributed by atoms with Crippen LogP contribution in [0.3, 0.4) is 0 Å². The number of aromatic amines is 1. The fourth-order valence-corrected chi connectivity index (χ4v) is 6.82. The molecular formula is C36H56N6O6. The van der Waals surface area contributed by atoms with Crippen molar-refractivity contribution in [2.45, 2.75) is 121 Å². The first-order chi connectivity index (χ1) is 23.0. The highest BCUT2D eigenvalue weighted by molar-refractivity contribution is 5.92. The zero-order chi connectivity index (χ0) is 34.6. The number of imidazole rings is 1. The molecule has 2 heterocycles. The summed E-state index contributed by atoms with van der Waals surface area (Å²) in [6.07, 6.45) is 8.52. The molecule has 4 amide bonds. The molecule has 12 nitrogen and oxygen atoms in total. The number of hydrogen-bond acceptors (Lipinski definition) is 7. The normalized spacial score (nSPS) is 19.3. The lowest BCUT2D eigenvalue weighted by Gasteiger charge is -2.35. The summed E-state index contributed by atoms with van der Waals surface area (Å²) in [6.45, 7) is 4.56. The van der Waals surface area contributed by atoms with E-state index in [2.05, 4.69) is 20.6 Å². The van der Waals surface area contributed by atoms with E-state index in [1.807, 2.05) is 44.2 Å². The Labute approximate surface area is 284 Å². The van der Waals surface area contributed by atoms with Gasteiger partial charge in [-0.2, -0.15) is 0 Å². The van der Waals surface area contributed by atoms with Gasteiger partial charge in [-0.05, 0) is 36.7 Å². The van der Waals surface area contributed by atoms with Crippen LogP contribution in [0.4, 0.5) is 4.79 Å². The van der Waals surface area contributed by atoms with Crippen molar-refractivity contribution in [2.24, 2.45) is 11.8 Å². The minimum atomic E-state index is -0.989. The summed E-state index contributed by atoms with van der Waals surface area (Å²) in [6, 6.07) is 6.46. The Hall–Kier alpha value is -3.48. The van der Waals surface area contributed by atoms with Crippen LogP contribution in [-0.2, 0) is 22.4 Å². The summed E-state index contributed by atoms with van der Waals surface area (Å²) >= 11 is 0. The molecule has 1 aliphatic heterocycles. The lowest BCUT2D eigenvalue weighted by Crippen LogP contribution is -2.59. The van der Waals surface area contributed by atoms with Crippen molar-refractivity contribution in [2.75, 3.05) is 20.1 Å². The predicted octanol–water partition coefficient (Wildman–Crippen LogP) is 2.78. The van der Waals surface area contributed by atoms with Crippen LogP contribution in [-0.4, -0.2) is 110 Å². The number of amides is 4. The van der Waals surface area contributed by atoms with Gasteiger partial charge in [-0.25, -0.2) is 9.78 Å². The number of carbonyl (C=O) groups excluding carboxylic acids is 3. The number of aliphatic hydroxyl groups is 3. The lowest BCUT2D eigenvalue weighted by atomic mass is 9.82. The maximum absolute atomic E-state index is 14.3. The van der Waals surface area contributed by atoms with Crippen molar-refractivity contribution < 1.29 is 29.7 Å². The second-order valence-electron chi connectivity index (χ2n) is 14.1.